The maximum absolute atomic E-state index is 11.0. The van der Waals surface area contributed by atoms with E-state index in [1.165, 1.54) is 22.3 Å². The van der Waals surface area contributed by atoms with E-state index in [0.717, 1.165) is 12.0 Å². The smallest absolute Gasteiger partial charge is 0.229 e. The van der Waals surface area contributed by atoms with Gasteiger partial charge in [0, 0.05) is 12.0 Å². The Labute approximate surface area is 140 Å². The molecule has 2 heteroatoms. The number of hydrogen-bond acceptors (Lipinski definition) is 2. The van der Waals surface area contributed by atoms with E-state index in [0.29, 0.717) is 5.56 Å². The monoisotopic (exact) mass is 312 g/mol. The molecule has 3 aromatic carbocycles. The average Bonchev–Trinajstić information content (AvgIpc) is 3.14. The van der Waals surface area contributed by atoms with Crippen molar-refractivity contribution in [1.82, 2.24) is 0 Å². The molecule has 0 aliphatic heterocycles. The summed E-state index contributed by atoms with van der Waals surface area (Å²) in [6.45, 7) is 0. The highest BCUT2D eigenvalue weighted by molar-refractivity contribution is 6.47. The van der Waals surface area contributed by atoms with E-state index in [-0.39, 0.29) is 18.0 Å². The molecule has 0 heterocycles. The van der Waals surface area contributed by atoms with Crippen molar-refractivity contribution in [2.24, 2.45) is 0 Å². The summed E-state index contributed by atoms with van der Waals surface area (Å²) in [5, 5.41) is 0. The molecule has 0 aromatic heterocycles. The molecule has 2 aliphatic carbocycles. The summed E-state index contributed by atoms with van der Waals surface area (Å²) in [5.41, 5.74) is 7.20. The molecule has 0 fully saturated rings. The number of rotatable bonds is 0. The third kappa shape index (κ3) is 2.46. The predicted octanol–water partition coefficient (Wildman–Crippen LogP) is 4.25. The quantitative estimate of drug-likeness (QED) is 0.455. The van der Waals surface area contributed by atoms with E-state index in [1.807, 2.05) is 12.1 Å². The largest absolute Gasteiger partial charge is 0.290 e. The maximum Gasteiger partial charge on any atom is 0.229 e. The van der Waals surface area contributed by atoms with Gasteiger partial charge in [-0.25, -0.2) is 0 Å². The van der Waals surface area contributed by atoms with Gasteiger partial charge in [-0.2, -0.15) is 0 Å². The van der Waals surface area contributed by atoms with Crippen LogP contribution in [0.4, 0.5) is 0 Å². The van der Waals surface area contributed by atoms with E-state index in [1.54, 1.807) is 12.1 Å². The zero-order valence-corrected chi connectivity index (χ0v) is 13.2. The Hall–Kier alpha value is -3.00. The van der Waals surface area contributed by atoms with Gasteiger partial charge in [-0.3, -0.25) is 9.59 Å². The minimum atomic E-state index is -0.333. The van der Waals surface area contributed by atoms with Crippen LogP contribution in [0.1, 0.15) is 27.0 Å². The van der Waals surface area contributed by atoms with Gasteiger partial charge in [-0.05, 0) is 34.2 Å². The van der Waals surface area contributed by atoms with Gasteiger partial charge in [0.15, 0.2) is 0 Å². The average molecular weight is 312 g/mol. The predicted molar refractivity (Wildman–Crippen MR) is 94.2 cm³/mol. The third-order valence-electron chi connectivity index (χ3n) is 4.57. The molecule has 2 nitrogen and oxygen atoms in total. The fourth-order valence-corrected chi connectivity index (χ4v) is 3.38. The van der Waals surface area contributed by atoms with E-state index in [4.69, 9.17) is 0 Å². The highest BCUT2D eigenvalue weighted by Crippen LogP contribution is 2.35. The number of carbonyl (C=O) groups excluding carboxylic acids is 2. The molecule has 0 spiro atoms. The summed E-state index contributed by atoms with van der Waals surface area (Å²) in [5.74, 6) is -0.619. The highest BCUT2D eigenvalue weighted by atomic mass is 16.2. The van der Waals surface area contributed by atoms with Crippen LogP contribution < -0.4 is 0 Å². The summed E-state index contributed by atoms with van der Waals surface area (Å²) < 4.78 is 0. The number of benzene rings is 3. The Balaban J connectivity index is 0.000000123. The van der Waals surface area contributed by atoms with E-state index in [2.05, 4.69) is 48.5 Å². The minimum absolute atomic E-state index is 0.286. The van der Waals surface area contributed by atoms with Crippen molar-refractivity contribution in [2.45, 2.75) is 12.8 Å². The summed E-state index contributed by atoms with van der Waals surface area (Å²) in [6, 6.07) is 24.4. The van der Waals surface area contributed by atoms with Gasteiger partial charge in [0.2, 0.25) is 11.6 Å². The van der Waals surface area contributed by atoms with Crippen molar-refractivity contribution in [3.8, 4) is 11.1 Å². The summed E-state index contributed by atoms with van der Waals surface area (Å²) >= 11 is 0. The summed E-state index contributed by atoms with van der Waals surface area (Å²) in [6.07, 6.45) is 1.39. The molecule has 0 atom stereocenters. The zero-order chi connectivity index (χ0) is 16.5. The van der Waals surface area contributed by atoms with E-state index in [9.17, 15) is 9.59 Å². The molecule has 0 bridgehead atoms. The lowest BCUT2D eigenvalue weighted by molar-refractivity contribution is -0.114. The zero-order valence-electron chi connectivity index (χ0n) is 13.2. The fourth-order valence-electron chi connectivity index (χ4n) is 3.38. The van der Waals surface area contributed by atoms with Gasteiger partial charge in [0.1, 0.15) is 0 Å². The van der Waals surface area contributed by atoms with Crippen LogP contribution in [0.15, 0.2) is 72.8 Å². The molecule has 116 valence electrons. The standard InChI is InChI=1S/C13H10.C9H6O2/c1-3-7-12-10(5-1)9-11-6-2-4-8-13(11)12;10-8-5-6-3-1-2-4-7(6)9(8)11/h1-8H,9H2;1-4H,5H2. The molecule has 0 radical (unpaired) electrons. The summed E-state index contributed by atoms with van der Waals surface area (Å²) in [4.78, 5) is 21.9. The molecule has 5 rings (SSSR count). The second kappa shape index (κ2) is 5.89. The minimum Gasteiger partial charge on any atom is -0.290 e. The van der Waals surface area contributed by atoms with Crippen molar-refractivity contribution in [2.75, 3.05) is 0 Å². The summed E-state index contributed by atoms with van der Waals surface area (Å²) in [7, 11) is 0. The van der Waals surface area contributed by atoms with Crippen LogP contribution in [0.3, 0.4) is 0 Å². The van der Waals surface area contributed by atoms with Crippen LogP contribution >= 0.6 is 0 Å². The van der Waals surface area contributed by atoms with Crippen molar-refractivity contribution in [1.29, 1.82) is 0 Å². The normalized spacial score (nSPS) is 13.7. The van der Waals surface area contributed by atoms with Crippen LogP contribution in [0.2, 0.25) is 0 Å². The Morgan fingerprint density at radius 2 is 0.917 bits per heavy atom. The van der Waals surface area contributed by atoms with Gasteiger partial charge in [0.05, 0.1) is 0 Å². The molecule has 0 amide bonds. The first kappa shape index (κ1) is 14.6. The second-order valence-corrected chi connectivity index (χ2v) is 6.08. The van der Waals surface area contributed by atoms with Gasteiger partial charge in [-0.15, -0.1) is 0 Å². The van der Waals surface area contributed by atoms with E-state index < -0.39 is 0 Å². The first-order valence-corrected chi connectivity index (χ1v) is 8.05. The maximum atomic E-state index is 11.0. The Bertz CT molecular complexity index is 910. The highest BCUT2D eigenvalue weighted by Gasteiger charge is 2.26. The topological polar surface area (TPSA) is 34.1 Å². The lowest BCUT2D eigenvalue weighted by Gasteiger charge is -1.98. The van der Waals surface area contributed by atoms with Crippen LogP contribution in [-0.4, -0.2) is 11.6 Å². The number of fused-ring (bicyclic) bond motifs is 4. The number of Topliss-reactive ketones (excluding diaryl/α,β-unsaturated/α-hetero) is 2. The second-order valence-electron chi connectivity index (χ2n) is 6.08. The van der Waals surface area contributed by atoms with Crippen LogP contribution in [0, 0.1) is 0 Å². The fraction of sp³-hybridized carbons (Fsp3) is 0.0909. The molecular formula is C22H16O2. The molecule has 3 aromatic rings. The van der Waals surface area contributed by atoms with Gasteiger partial charge in [-0.1, -0.05) is 72.8 Å². The van der Waals surface area contributed by atoms with Crippen LogP contribution in [0.5, 0.6) is 0 Å². The first-order valence-electron chi connectivity index (χ1n) is 8.05. The molecule has 0 N–H and O–H groups in total. The van der Waals surface area contributed by atoms with Crippen molar-refractivity contribution >= 4 is 11.6 Å². The molecule has 2 aliphatic rings. The molecular weight excluding hydrogens is 296 g/mol. The van der Waals surface area contributed by atoms with Crippen molar-refractivity contribution in [3.63, 3.8) is 0 Å². The Morgan fingerprint density at radius 3 is 1.42 bits per heavy atom. The van der Waals surface area contributed by atoms with Crippen LogP contribution in [-0.2, 0) is 17.6 Å². The molecule has 24 heavy (non-hydrogen) atoms. The Morgan fingerprint density at radius 1 is 0.500 bits per heavy atom. The number of ketones is 2. The Kier molecular flexibility index (Phi) is 3.58. The first-order chi connectivity index (χ1) is 11.7. The van der Waals surface area contributed by atoms with Gasteiger partial charge >= 0.3 is 0 Å². The van der Waals surface area contributed by atoms with E-state index >= 15 is 0 Å². The van der Waals surface area contributed by atoms with Crippen molar-refractivity contribution in [3.05, 3.63) is 95.1 Å². The third-order valence-corrected chi connectivity index (χ3v) is 4.57. The number of carbonyl (C=O) groups is 2. The van der Waals surface area contributed by atoms with Crippen molar-refractivity contribution < 1.29 is 9.59 Å². The molecule has 0 unspecified atom stereocenters. The SMILES string of the molecule is O=C1Cc2ccccc2C1=O.c1ccc2c(c1)Cc1ccccc1-2. The molecule has 0 saturated heterocycles. The molecule has 0 saturated carbocycles. The van der Waals surface area contributed by atoms with Gasteiger partial charge in [0.25, 0.3) is 0 Å². The number of hydrogen-bond donors (Lipinski definition) is 0. The lowest BCUT2D eigenvalue weighted by atomic mass is 10.1. The van der Waals surface area contributed by atoms with Gasteiger partial charge < -0.3 is 0 Å². The van der Waals surface area contributed by atoms with Crippen LogP contribution in [0.25, 0.3) is 11.1 Å². The lowest BCUT2D eigenvalue weighted by Crippen LogP contribution is -2.05.